The molecule has 2 aromatic rings. The van der Waals surface area contributed by atoms with Crippen LogP contribution >= 0.6 is 0 Å². The van der Waals surface area contributed by atoms with Gasteiger partial charge in [0.1, 0.15) is 5.75 Å². The van der Waals surface area contributed by atoms with Gasteiger partial charge in [-0.1, -0.05) is 11.6 Å². The molecule has 0 bridgehead atoms. The number of nitrogens with zero attached hydrogens (tertiary/aromatic N) is 2. The number of methoxy groups -OCH3 is 1. The van der Waals surface area contributed by atoms with Gasteiger partial charge in [-0.2, -0.15) is 5.10 Å². The van der Waals surface area contributed by atoms with Crippen LogP contribution in [0.15, 0.2) is 30.6 Å². The Morgan fingerprint density at radius 1 is 1.50 bits per heavy atom. The Hall–Kier alpha value is -2.34. The number of carbonyl (C=O) groups excluding carboxylic acids is 1. The molecule has 0 saturated carbocycles. The van der Waals surface area contributed by atoms with Gasteiger partial charge in [-0.05, 0) is 19.1 Å². The zero-order valence-corrected chi connectivity index (χ0v) is 11.5. The van der Waals surface area contributed by atoms with E-state index in [1.54, 1.807) is 36.3 Å². The third kappa shape index (κ3) is 3.36. The average molecular weight is 275 g/mol. The number of aromatic nitrogens is 2. The van der Waals surface area contributed by atoms with Crippen LogP contribution in [-0.4, -0.2) is 34.5 Å². The first-order valence-corrected chi connectivity index (χ1v) is 6.22. The van der Waals surface area contributed by atoms with Crippen LogP contribution in [0.3, 0.4) is 0 Å². The lowest BCUT2D eigenvalue weighted by atomic mass is 10.1. The SMILES string of the molecule is COCCn1cc(NC(=O)c2cc(C)ccc2O)cn1. The van der Waals surface area contributed by atoms with E-state index >= 15 is 0 Å². The Morgan fingerprint density at radius 2 is 2.30 bits per heavy atom. The van der Waals surface area contributed by atoms with E-state index in [-0.39, 0.29) is 17.2 Å². The van der Waals surface area contributed by atoms with Gasteiger partial charge in [-0.25, -0.2) is 0 Å². The zero-order valence-electron chi connectivity index (χ0n) is 11.5. The first-order valence-electron chi connectivity index (χ1n) is 6.22. The van der Waals surface area contributed by atoms with E-state index in [1.165, 1.54) is 6.07 Å². The van der Waals surface area contributed by atoms with Crippen molar-refractivity contribution in [3.05, 3.63) is 41.7 Å². The number of ether oxygens (including phenoxy) is 1. The molecular weight excluding hydrogens is 258 g/mol. The predicted molar refractivity (Wildman–Crippen MR) is 74.9 cm³/mol. The molecule has 0 aliphatic rings. The Labute approximate surface area is 117 Å². The molecule has 0 saturated heterocycles. The second kappa shape index (κ2) is 6.21. The highest BCUT2D eigenvalue weighted by Crippen LogP contribution is 2.19. The van der Waals surface area contributed by atoms with Gasteiger partial charge in [-0.3, -0.25) is 9.48 Å². The summed E-state index contributed by atoms with van der Waals surface area (Å²) < 4.78 is 6.63. The van der Waals surface area contributed by atoms with Crippen molar-refractivity contribution in [1.82, 2.24) is 9.78 Å². The largest absolute Gasteiger partial charge is 0.507 e. The molecule has 0 radical (unpaired) electrons. The van der Waals surface area contributed by atoms with Crippen LogP contribution in [-0.2, 0) is 11.3 Å². The molecule has 1 aromatic heterocycles. The van der Waals surface area contributed by atoms with Crippen molar-refractivity contribution in [2.45, 2.75) is 13.5 Å². The highest BCUT2D eigenvalue weighted by atomic mass is 16.5. The molecule has 0 aliphatic heterocycles. The van der Waals surface area contributed by atoms with Crippen LogP contribution in [0.5, 0.6) is 5.75 Å². The van der Waals surface area contributed by atoms with Gasteiger partial charge in [0.05, 0.1) is 30.6 Å². The summed E-state index contributed by atoms with van der Waals surface area (Å²) in [4.78, 5) is 12.1. The van der Waals surface area contributed by atoms with Crippen molar-refractivity contribution in [3.8, 4) is 5.75 Å². The number of nitrogens with one attached hydrogen (secondary N) is 1. The van der Waals surface area contributed by atoms with Crippen LogP contribution in [0.2, 0.25) is 0 Å². The van der Waals surface area contributed by atoms with Gasteiger partial charge in [0.2, 0.25) is 0 Å². The maximum absolute atomic E-state index is 12.1. The number of aryl methyl sites for hydroxylation is 1. The van der Waals surface area contributed by atoms with E-state index in [0.29, 0.717) is 18.8 Å². The van der Waals surface area contributed by atoms with E-state index < -0.39 is 0 Å². The molecule has 0 atom stereocenters. The Bertz CT molecular complexity index is 607. The summed E-state index contributed by atoms with van der Waals surface area (Å²) in [6.07, 6.45) is 3.27. The summed E-state index contributed by atoms with van der Waals surface area (Å²) in [7, 11) is 1.62. The first-order chi connectivity index (χ1) is 9.60. The molecule has 0 aliphatic carbocycles. The third-order valence-corrected chi connectivity index (χ3v) is 2.81. The minimum atomic E-state index is -0.363. The maximum atomic E-state index is 12.1. The van der Waals surface area contributed by atoms with Crippen molar-refractivity contribution in [2.24, 2.45) is 0 Å². The lowest BCUT2D eigenvalue weighted by molar-refractivity contribution is 0.102. The van der Waals surface area contributed by atoms with Crippen molar-refractivity contribution in [1.29, 1.82) is 0 Å². The second-order valence-corrected chi connectivity index (χ2v) is 4.46. The lowest BCUT2D eigenvalue weighted by Crippen LogP contribution is -2.12. The highest BCUT2D eigenvalue weighted by molar-refractivity contribution is 6.06. The summed E-state index contributed by atoms with van der Waals surface area (Å²) in [5.41, 5.74) is 1.73. The number of anilines is 1. The number of aromatic hydroxyl groups is 1. The molecule has 0 spiro atoms. The first kappa shape index (κ1) is 14.1. The van der Waals surface area contributed by atoms with Crippen LogP contribution in [0.1, 0.15) is 15.9 Å². The highest BCUT2D eigenvalue weighted by Gasteiger charge is 2.12. The summed E-state index contributed by atoms with van der Waals surface area (Å²) in [5, 5.41) is 16.5. The molecule has 6 nitrogen and oxygen atoms in total. The fourth-order valence-electron chi connectivity index (χ4n) is 1.77. The minimum absolute atomic E-state index is 0.0418. The van der Waals surface area contributed by atoms with Crippen molar-refractivity contribution >= 4 is 11.6 Å². The third-order valence-electron chi connectivity index (χ3n) is 2.81. The van der Waals surface area contributed by atoms with Gasteiger partial charge >= 0.3 is 0 Å². The number of hydrogen-bond donors (Lipinski definition) is 2. The molecule has 1 heterocycles. The van der Waals surface area contributed by atoms with E-state index in [2.05, 4.69) is 10.4 Å². The Morgan fingerprint density at radius 3 is 3.05 bits per heavy atom. The van der Waals surface area contributed by atoms with E-state index in [4.69, 9.17) is 4.74 Å². The average Bonchev–Trinajstić information content (AvgIpc) is 2.86. The summed E-state index contributed by atoms with van der Waals surface area (Å²) >= 11 is 0. The molecule has 0 fully saturated rings. The van der Waals surface area contributed by atoms with Crippen LogP contribution in [0.25, 0.3) is 0 Å². The monoisotopic (exact) mass is 275 g/mol. The fraction of sp³-hybridized carbons (Fsp3) is 0.286. The van der Waals surface area contributed by atoms with Gasteiger partial charge in [0, 0.05) is 13.3 Å². The Kier molecular flexibility index (Phi) is 4.37. The topological polar surface area (TPSA) is 76.4 Å². The van der Waals surface area contributed by atoms with Crippen LogP contribution in [0.4, 0.5) is 5.69 Å². The lowest BCUT2D eigenvalue weighted by Gasteiger charge is -2.05. The number of carbonyl (C=O) groups is 1. The summed E-state index contributed by atoms with van der Waals surface area (Å²) in [5.74, 6) is -0.405. The molecule has 20 heavy (non-hydrogen) atoms. The van der Waals surface area contributed by atoms with Crippen LogP contribution in [0, 0.1) is 6.92 Å². The number of amides is 1. The number of phenolic OH excluding ortho intramolecular Hbond substituents is 1. The predicted octanol–water partition coefficient (Wildman–Crippen LogP) is 1.80. The van der Waals surface area contributed by atoms with E-state index in [1.807, 2.05) is 6.92 Å². The maximum Gasteiger partial charge on any atom is 0.259 e. The number of benzene rings is 1. The van der Waals surface area contributed by atoms with Crippen LogP contribution < -0.4 is 5.32 Å². The van der Waals surface area contributed by atoms with Gasteiger partial charge in [0.25, 0.3) is 5.91 Å². The molecule has 2 rings (SSSR count). The van der Waals surface area contributed by atoms with E-state index in [9.17, 15) is 9.90 Å². The molecule has 0 unspecified atom stereocenters. The minimum Gasteiger partial charge on any atom is -0.507 e. The summed E-state index contributed by atoms with van der Waals surface area (Å²) in [6, 6.07) is 4.89. The summed E-state index contributed by atoms with van der Waals surface area (Å²) in [6.45, 7) is 3.02. The van der Waals surface area contributed by atoms with E-state index in [0.717, 1.165) is 5.56 Å². The van der Waals surface area contributed by atoms with Gasteiger partial charge in [0.15, 0.2) is 0 Å². The number of phenols is 1. The number of rotatable bonds is 5. The normalized spacial score (nSPS) is 10.5. The molecular formula is C14H17N3O3. The van der Waals surface area contributed by atoms with Crippen molar-refractivity contribution in [3.63, 3.8) is 0 Å². The van der Waals surface area contributed by atoms with Crippen molar-refractivity contribution < 1.29 is 14.6 Å². The van der Waals surface area contributed by atoms with Crippen molar-refractivity contribution in [2.75, 3.05) is 19.0 Å². The van der Waals surface area contributed by atoms with Gasteiger partial charge in [-0.15, -0.1) is 0 Å². The number of hydrogen-bond acceptors (Lipinski definition) is 4. The molecule has 106 valence electrons. The molecule has 1 amide bonds. The Balaban J connectivity index is 2.07. The zero-order chi connectivity index (χ0) is 14.5. The van der Waals surface area contributed by atoms with Gasteiger partial charge < -0.3 is 15.2 Å². The molecule has 1 aromatic carbocycles. The molecule has 2 N–H and O–H groups in total. The standard InChI is InChI=1S/C14H17N3O3/c1-10-3-4-13(18)12(7-10)14(19)16-11-8-15-17(9-11)5-6-20-2/h3-4,7-9,18H,5-6H2,1-2H3,(H,16,19). The smallest absolute Gasteiger partial charge is 0.259 e. The fourth-order valence-corrected chi connectivity index (χ4v) is 1.77. The second-order valence-electron chi connectivity index (χ2n) is 4.46. The molecule has 6 heteroatoms. The quantitative estimate of drug-likeness (QED) is 0.872.